The number of carbonyl (C=O) groups excluding carboxylic acids is 1. The topological polar surface area (TPSA) is 62.5 Å². The molecule has 1 amide bonds. The van der Waals surface area contributed by atoms with Crippen molar-refractivity contribution in [2.24, 2.45) is 0 Å². The van der Waals surface area contributed by atoms with Crippen LogP contribution in [0.2, 0.25) is 0 Å². The molecular weight excluding hydrogens is 404 g/mol. The highest BCUT2D eigenvalue weighted by Crippen LogP contribution is 2.34. The van der Waals surface area contributed by atoms with E-state index in [4.69, 9.17) is 17.3 Å². The molecule has 1 fully saturated rings. The van der Waals surface area contributed by atoms with Crippen LogP contribution in [-0.2, 0) is 15.0 Å². The molecule has 0 spiro atoms. The Balaban J connectivity index is 1.94. The van der Waals surface area contributed by atoms with Gasteiger partial charge in [-0.15, -0.1) is 0 Å². The van der Waals surface area contributed by atoms with E-state index in [1.54, 1.807) is 6.08 Å². The van der Waals surface area contributed by atoms with Gasteiger partial charge in [0.05, 0.1) is 4.91 Å². The molecule has 3 rings (SSSR count). The molecular formula is C22H24N2O3S2. The lowest BCUT2D eigenvalue weighted by molar-refractivity contribution is -0.140. The third kappa shape index (κ3) is 4.31. The summed E-state index contributed by atoms with van der Waals surface area (Å²) in [7, 11) is 0. The number of carboxylic acids is 1. The number of nitrogens with zero attached hydrogens (tertiary/aromatic N) is 2. The smallest absolute Gasteiger partial charge is 0.323 e. The first-order chi connectivity index (χ1) is 13.5. The number of rotatable bonds is 4. The van der Waals surface area contributed by atoms with Gasteiger partial charge in [0, 0.05) is 17.1 Å². The summed E-state index contributed by atoms with van der Waals surface area (Å²) in [6, 6.07) is 10.5. The largest absolute Gasteiger partial charge is 0.480 e. The summed E-state index contributed by atoms with van der Waals surface area (Å²) >= 11 is 6.31. The fraction of sp³-hybridized carbons (Fsp3) is 0.318. The van der Waals surface area contributed by atoms with Crippen LogP contribution < -0.4 is 0 Å². The SMILES string of the molecule is Cc1cc(/C=C2/SC(=S)N(CC(=O)O)C2=O)c(C)n1-c1ccc(C(C)(C)C)cc1. The quantitative estimate of drug-likeness (QED) is 0.566. The van der Waals surface area contributed by atoms with Crippen LogP contribution in [0.4, 0.5) is 0 Å². The van der Waals surface area contributed by atoms with E-state index in [9.17, 15) is 9.59 Å². The number of benzene rings is 1. The van der Waals surface area contributed by atoms with E-state index in [2.05, 4.69) is 49.6 Å². The number of thioether (sulfide) groups is 1. The molecule has 0 bridgehead atoms. The first kappa shape index (κ1) is 21.3. The average molecular weight is 429 g/mol. The van der Waals surface area contributed by atoms with Gasteiger partial charge in [-0.05, 0) is 54.7 Å². The molecule has 1 aliphatic rings. The molecule has 152 valence electrons. The molecule has 7 heteroatoms. The van der Waals surface area contributed by atoms with Crippen LogP contribution in [0.5, 0.6) is 0 Å². The van der Waals surface area contributed by atoms with Crippen molar-refractivity contribution in [2.75, 3.05) is 6.54 Å². The predicted octanol–water partition coefficient (Wildman–Crippen LogP) is 4.68. The second kappa shape index (κ2) is 7.80. The molecule has 0 atom stereocenters. The van der Waals surface area contributed by atoms with E-state index in [0.717, 1.165) is 39.3 Å². The maximum atomic E-state index is 12.5. The Morgan fingerprint density at radius 2 is 1.83 bits per heavy atom. The van der Waals surface area contributed by atoms with E-state index < -0.39 is 12.5 Å². The van der Waals surface area contributed by atoms with E-state index in [0.29, 0.717) is 4.91 Å². The van der Waals surface area contributed by atoms with Gasteiger partial charge in [0.15, 0.2) is 0 Å². The molecule has 1 aliphatic heterocycles. The summed E-state index contributed by atoms with van der Waals surface area (Å²) in [4.78, 5) is 25.1. The highest BCUT2D eigenvalue weighted by Gasteiger charge is 2.33. The van der Waals surface area contributed by atoms with Gasteiger partial charge in [-0.3, -0.25) is 14.5 Å². The van der Waals surface area contributed by atoms with Gasteiger partial charge >= 0.3 is 5.97 Å². The summed E-state index contributed by atoms with van der Waals surface area (Å²) in [5.41, 5.74) is 5.40. The number of aromatic nitrogens is 1. The molecule has 1 aromatic heterocycles. The fourth-order valence-corrected chi connectivity index (χ4v) is 4.60. The van der Waals surface area contributed by atoms with Gasteiger partial charge in [-0.1, -0.05) is 56.9 Å². The Bertz CT molecular complexity index is 1030. The van der Waals surface area contributed by atoms with Crippen molar-refractivity contribution in [2.45, 2.75) is 40.0 Å². The number of aliphatic carboxylic acids is 1. The van der Waals surface area contributed by atoms with E-state index >= 15 is 0 Å². The Kier molecular flexibility index (Phi) is 5.74. The lowest BCUT2D eigenvalue weighted by atomic mass is 9.87. The Labute approximate surface area is 180 Å². The zero-order valence-corrected chi connectivity index (χ0v) is 18.8. The van der Waals surface area contributed by atoms with E-state index in [1.807, 2.05) is 19.9 Å². The van der Waals surface area contributed by atoms with Gasteiger partial charge < -0.3 is 9.67 Å². The minimum atomic E-state index is -1.08. The summed E-state index contributed by atoms with van der Waals surface area (Å²) in [6.45, 7) is 10.2. The van der Waals surface area contributed by atoms with Crippen molar-refractivity contribution < 1.29 is 14.7 Å². The summed E-state index contributed by atoms with van der Waals surface area (Å²) in [5, 5.41) is 8.98. The summed E-state index contributed by atoms with van der Waals surface area (Å²) in [5.74, 6) is -1.44. The number of hydrogen-bond acceptors (Lipinski definition) is 4. The minimum absolute atomic E-state index is 0.0924. The van der Waals surface area contributed by atoms with Crippen LogP contribution in [0.3, 0.4) is 0 Å². The number of carbonyl (C=O) groups is 2. The van der Waals surface area contributed by atoms with Gasteiger partial charge in [0.25, 0.3) is 5.91 Å². The lowest BCUT2D eigenvalue weighted by Crippen LogP contribution is -2.33. The maximum Gasteiger partial charge on any atom is 0.323 e. The van der Waals surface area contributed by atoms with Crippen LogP contribution in [0.1, 0.15) is 43.3 Å². The molecule has 0 saturated carbocycles. The van der Waals surface area contributed by atoms with Crippen LogP contribution in [0, 0.1) is 13.8 Å². The summed E-state index contributed by atoms with van der Waals surface area (Å²) < 4.78 is 2.42. The molecule has 0 radical (unpaired) electrons. The molecule has 2 heterocycles. The highest BCUT2D eigenvalue weighted by molar-refractivity contribution is 8.26. The van der Waals surface area contributed by atoms with Gasteiger partial charge in [0.2, 0.25) is 0 Å². The Morgan fingerprint density at radius 1 is 1.21 bits per heavy atom. The normalized spacial score (nSPS) is 16.2. The van der Waals surface area contributed by atoms with Crippen molar-refractivity contribution in [3.63, 3.8) is 0 Å². The highest BCUT2D eigenvalue weighted by atomic mass is 32.2. The number of thiocarbonyl (C=S) groups is 1. The molecule has 29 heavy (non-hydrogen) atoms. The standard InChI is InChI=1S/C22H24N2O3S2/c1-13-10-15(11-18-20(27)23(12-19(25)26)21(28)29-18)14(2)24(13)17-8-6-16(7-9-17)22(3,4)5/h6-11H,12H2,1-5H3,(H,25,26)/b18-11+. The van der Waals surface area contributed by atoms with Gasteiger partial charge in [0.1, 0.15) is 10.9 Å². The number of hydrogen-bond donors (Lipinski definition) is 1. The van der Waals surface area contributed by atoms with E-state index in [1.165, 1.54) is 5.56 Å². The maximum absolute atomic E-state index is 12.5. The monoisotopic (exact) mass is 428 g/mol. The number of carboxylic acid groups (broad SMARTS) is 1. The van der Waals surface area contributed by atoms with Gasteiger partial charge in [-0.2, -0.15) is 0 Å². The molecule has 1 saturated heterocycles. The van der Waals surface area contributed by atoms with Crippen molar-refractivity contribution in [3.05, 3.63) is 57.8 Å². The first-order valence-corrected chi connectivity index (χ1v) is 10.5. The number of aryl methyl sites for hydroxylation is 1. The van der Waals surface area contributed by atoms with Crippen molar-refractivity contribution >= 4 is 46.3 Å². The second-order valence-corrected chi connectivity index (χ2v) is 9.80. The van der Waals surface area contributed by atoms with Crippen LogP contribution in [0.25, 0.3) is 11.8 Å². The van der Waals surface area contributed by atoms with Crippen LogP contribution in [0.15, 0.2) is 35.2 Å². The molecule has 1 aromatic carbocycles. The van der Waals surface area contributed by atoms with E-state index in [-0.39, 0.29) is 15.6 Å². The fourth-order valence-electron chi connectivity index (χ4n) is 3.35. The second-order valence-electron chi connectivity index (χ2n) is 8.12. The first-order valence-electron chi connectivity index (χ1n) is 9.26. The molecule has 5 nitrogen and oxygen atoms in total. The lowest BCUT2D eigenvalue weighted by Gasteiger charge is -2.20. The zero-order valence-electron chi connectivity index (χ0n) is 17.1. The van der Waals surface area contributed by atoms with Crippen LogP contribution >= 0.6 is 24.0 Å². The summed E-state index contributed by atoms with van der Waals surface area (Å²) in [6.07, 6.45) is 1.80. The van der Waals surface area contributed by atoms with Gasteiger partial charge in [-0.25, -0.2) is 0 Å². The average Bonchev–Trinajstić information content (AvgIpc) is 3.04. The van der Waals surface area contributed by atoms with Crippen molar-refractivity contribution in [1.29, 1.82) is 0 Å². The Hall–Kier alpha value is -2.38. The van der Waals surface area contributed by atoms with Crippen molar-refractivity contribution in [1.82, 2.24) is 9.47 Å². The Morgan fingerprint density at radius 3 is 2.38 bits per heavy atom. The molecule has 2 aromatic rings. The zero-order chi connectivity index (χ0) is 21.5. The van der Waals surface area contributed by atoms with Crippen molar-refractivity contribution in [3.8, 4) is 5.69 Å². The molecule has 1 N–H and O–H groups in total. The third-order valence-electron chi connectivity index (χ3n) is 4.92. The molecule has 0 aliphatic carbocycles. The minimum Gasteiger partial charge on any atom is -0.480 e. The van der Waals surface area contributed by atoms with Crippen LogP contribution in [-0.4, -0.2) is 37.3 Å². The molecule has 0 unspecified atom stereocenters. The predicted molar refractivity (Wildman–Crippen MR) is 121 cm³/mol. The number of amides is 1. The third-order valence-corrected chi connectivity index (χ3v) is 6.29.